The topological polar surface area (TPSA) is 99.2 Å². The van der Waals surface area contributed by atoms with Crippen LogP contribution in [-0.2, 0) is 25.3 Å². The number of piperazine rings is 1. The molecule has 6 rings (SSSR count). The summed E-state index contributed by atoms with van der Waals surface area (Å²) >= 11 is 0. The zero-order valence-corrected chi connectivity index (χ0v) is 23.7. The summed E-state index contributed by atoms with van der Waals surface area (Å²) < 4.78 is 62.0. The highest BCUT2D eigenvalue weighted by molar-refractivity contribution is 7.88. The molecule has 0 aromatic heterocycles. The van der Waals surface area contributed by atoms with E-state index in [4.69, 9.17) is 10.5 Å². The lowest BCUT2D eigenvalue weighted by molar-refractivity contribution is -0.121. The average Bonchev–Trinajstić information content (AvgIpc) is 3.86. The van der Waals surface area contributed by atoms with E-state index in [2.05, 4.69) is 0 Å². The quantitative estimate of drug-likeness (QED) is 0.244. The maximum atomic E-state index is 14.1. The van der Waals surface area contributed by atoms with Gasteiger partial charge in [0.2, 0.25) is 15.8 Å². The van der Waals surface area contributed by atoms with Crippen molar-refractivity contribution in [1.29, 1.82) is 0 Å². The van der Waals surface area contributed by atoms with E-state index in [0.29, 0.717) is 37.5 Å². The number of nitrogens with zero attached hydrogens (tertiary/aromatic N) is 4. The van der Waals surface area contributed by atoms with Crippen molar-refractivity contribution in [3.8, 4) is 0 Å². The van der Waals surface area contributed by atoms with E-state index < -0.39 is 27.6 Å². The van der Waals surface area contributed by atoms with Gasteiger partial charge >= 0.3 is 5.91 Å². The molecule has 1 amide bonds. The highest BCUT2D eigenvalue weighted by Gasteiger charge is 2.54. The Labute approximate surface area is 239 Å². The van der Waals surface area contributed by atoms with E-state index in [1.165, 1.54) is 22.2 Å². The van der Waals surface area contributed by atoms with Crippen molar-refractivity contribution in [3.63, 3.8) is 0 Å². The number of hydrazine groups is 1. The molecule has 0 spiro atoms. The van der Waals surface area contributed by atoms with Crippen molar-refractivity contribution in [3.05, 3.63) is 71.1 Å². The number of carbonyl (C=O) groups excluding carboxylic acids is 1. The third-order valence-electron chi connectivity index (χ3n) is 8.12. The van der Waals surface area contributed by atoms with Gasteiger partial charge in [0.05, 0.1) is 29.8 Å². The number of halogens is 2. The number of nitrogens with two attached hydrogens (primary N) is 1. The van der Waals surface area contributed by atoms with Crippen molar-refractivity contribution < 1.29 is 26.7 Å². The zero-order valence-electron chi connectivity index (χ0n) is 22.8. The van der Waals surface area contributed by atoms with Crippen molar-refractivity contribution in [1.82, 2.24) is 14.2 Å². The second kappa shape index (κ2) is 11.2. The molecule has 1 aliphatic carbocycles. The van der Waals surface area contributed by atoms with Crippen LogP contribution < -0.4 is 10.7 Å². The number of carbonyl (C=O) groups is 1. The van der Waals surface area contributed by atoms with Crippen LogP contribution in [0.15, 0.2) is 53.9 Å². The van der Waals surface area contributed by atoms with Gasteiger partial charge in [-0.25, -0.2) is 27.2 Å². The van der Waals surface area contributed by atoms with Gasteiger partial charge in [0.1, 0.15) is 11.6 Å². The van der Waals surface area contributed by atoms with E-state index in [1.54, 1.807) is 29.3 Å². The first-order chi connectivity index (χ1) is 19.7. The Kier molecular flexibility index (Phi) is 7.64. The fourth-order valence-corrected chi connectivity index (χ4v) is 7.22. The maximum absolute atomic E-state index is 14.1. The molecule has 2 unspecified atom stereocenters. The summed E-state index contributed by atoms with van der Waals surface area (Å²) in [4.78, 5) is 15.8. The number of unbranched alkanes of at least 4 members (excludes halogenated alkanes) is 1. The molecule has 0 radical (unpaired) electrons. The fourth-order valence-electron chi connectivity index (χ4n) is 5.71. The molecule has 2 atom stereocenters. The average molecular weight is 588 g/mol. The number of nitrogen functional groups attached to an aromatic ring is 1. The Balaban J connectivity index is 1.19. The second-order valence-corrected chi connectivity index (χ2v) is 13.2. The van der Waals surface area contributed by atoms with Crippen LogP contribution in [-0.4, -0.2) is 73.9 Å². The van der Waals surface area contributed by atoms with Crippen LogP contribution in [0.3, 0.4) is 0 Å². The Hall–Kier alpha value is -3.22. The standard InChI is InChI=1S/C29H35F2N5O4S/c30-22-15-23(31)17-25(16-22)36-29(37)28(40-14-2-1-3-20-4-5-20)27(26-18-35(26)36)33-10-12-34(13-11-33)41(38,39)19-21-6-8-24(32)9-7-21/h6-9,15-17,20,26H,1-5,10-14,18-19,32H2. The minimum absolute atomic E-state index is 0.112. The number of amides is 1. The van der Waals surface area contributed by atoms with Gasteiger partial charge in [-0.3, -0.25) is 4.79 Å². The number of anilines is 2. The van der Waals surface area contributed by atoms with Crippen LogP contribution in [0.4, 0.5) is 20.2 Å². The molecular formula is C29H35F2N5O4S. The minimum Gasteiger partial charge on any atom is -0.486 e. The molecule has 2 aromatic rings. The molecule has 41 heavy (non-hydrogen) atoms. The fraction of sp³-hybridized carbons (Fsp3) is 0.483. The number of rotatable bonds is 11. The van der Waals surface area contributed by atoms with Crippen LogP contribution in [0.1, 0.15) is 37.7 Å². The summed E-state index contributed by atoms with van der Waals surface area (Å²) in [5, 5.41) is 3.06. The van der Waals surface area contributed by atoms with Gasteiger partial charge in [0, 0.05) is 44.5 Å². The molecule has 220 valence electrons. The van der Waals surface area contributed by atoms with Gasteiger partial charge in [-0.2, -0.15) is 4.31 Å². The molecular weight excluding hydrogens is 552 g/mol. The Morgan fingerprint density at radius 3 is 2.29 bits per heavy atom. The molecule has 4 aliphatic rings. The minimum atomic E-state index is -3.54. The first-order valence-corrected chi connectivity index (χ1v) is 15.8. The van der Waals surface area contributed by atoms with Crippen LogP contribution in [0, 0.1) is 17.6 Å². The van der Waals surface area contributed by atoms with E-state index >= 15 is 0 Å². The van der Waals surface area contributed by atoms with E-state index in [0.717, 1.165) is 49.1 Å². The number of fused-ring (bicyclic) bond motifs is 1. The normalized spacial score (nSPS) is 23.1. The van der Waals surface area contributed by atoms with Gasteiger partial charge in [-0.05, 0) is 48.6 Å². The number of sulfonamides is 1. The summed E-state index contributed by atoms with van der Waals surface area (Å²) in [6.07, 6.45) is 5.54. The largest absolute Gasteiger partial charge is 0.486 e. The third kappa shape index (κ3) is 6.19. The van der Waals surface area contributed by atoms with Gasteiger partial charge in [-0.15, -0.1) is 0 Å². The first kappa shape index (κ1) is 27.9. The summed E-state index contributed by atoms with van der Waals surface area (Å²) in [6.45, 7) is 2.20. The second-order valence-electron chi connectivity index (χ2n) is 11.3. The Morgan fingerprint density at radius 2 is 1.63 bits per heavy atom. The number of ether oxygens (including phenoxy) is 1. The smallest absolute Gasteiger partial charge is 0.309 e. The Morgan fingerprint density at radius 1 is 0.951 bits per heavy atom. The molecule has 3 heterocycles. The highest BCUT2D eigenvalue weighted by atomic mass is 32.2. The number of hydrogen-bond donors (Lipinski definition) is 1. The molecule has 12 heteroatoms. The number of hydrogen-bond acceptors (Lipinski definition) is 7. The highest BCUT2D eigenvalue weighted by Crippen LogP contribution is 2.41. The summed E-state index contributed by atoms with van der Waals surface area (Å²) in [5.74, 6) is -1.12. The van der Waals surface area contributed by atoms with Crippen molar-refractivity contribution in [2.24, 2.45) is 5.92 Å². The van der Waals surface area contributed by atoms with Crippen LogP contribution in [0.2, 0.25) is 0 Å². The lowest BCUT2D eigenvalue weighted by atomic mass is 10.1. The lowest BCUT2D eigenvalue weighted by Crippen LogP contribution is -2.52. The lowest BCUT2D eigenvalue weighted by Gasteiger charge is -2.40. The number of benzene rings is 2. The van der Waals surface area contributed by atoms with Crippen molar-refractivity contribution in [2.75, 3.05) is 50.1 Å². The van der Waals surface area contributed by atoms with E-state index in [1.807, 2.05) is 4.90 Å². The summed E-state index contributed by atoms with van der Waals surface area (Å²) in [5.41, 5.74) is 7.81. The first-order valence-electron chi connectivity index (χ1n) is 14.2. The molecule has 1 saturated carbocycles. The van der Waals surface area contributed by atoms with Crippen LogP contribution in [0.25, 0.3) is 0 Å². The predicted molar refractivity (Wildman–Crippen MR) is 151 cm³/mol. The molecule has 3 aliphatic heterocycles. The third-order valence-corrected chi connectivity index (χ3v) is 9.97. The maximum Gasteiger partial charge on any atom is 0.309 e. The summed E-state index contributed by atoms with van der Waals surface area (Å²) in [7, 11) is -3.54. The monoisotopic (exact) mass is 587 g/mol. The van der Waals surface area contributed by atoms with Gasteiger partial charge in [0.25, 0.3) is 0 Å². The molecule has 2 saturated heterocycles. The van der Waals surface area contributed by atoms with Crippen molar-refractivity contribution in [2.45, 2.75) is 43.9 Å². The Bertz CT molecular complexity index is 1420. The summed E-state index contributed by atoms with van der Waals surface area (Å²) in [6, 6.07) is 9.66. The molecule has 2 aromatic carbocycles. The SMILES string of the molecule is Nc1ccc(CS(=O)(=O)N2CCN(C3=C(OCCCCC4CC4)C(=O)N(c4cc(F)cc(F)c4)N4CC34)CC2)cc1. The molecule has 2 N–H and O–H groups in total. The van der Waals surface area contributed by atoms with Crippen LogP contribution >= 0.6 is 0 Å². The van der Waals surface area contributed by atoms with Crippen LogP contribution in [0.5, 0.6) is 0 Å². The van der Waals surface area contributed by atoms with Gasteiger partial charge in [0.15, 0.2) is 0 Å². The molecule has 3 fully saturated rings. The van der Waals surface area contributed by atoms with Crippen molar-refractivity contribution >= 4 is 27.3 Å². The van der Waals surface area contributed by atoms with Gasteiger partial charge < -0.3 is 15.4 Å². The van der Waals surface area contributed by atoms with E-state index in [9.17, 15) is 22.0 Å². The van der Waals surface area contributed by atoms with E-state index in [-0.39, 0.29) is 36.3 Å². The van der Waals surface area contributed by atoms with Gasteiger partial charge in [-0.1, -0.05) is 31.4 Å². The zero-order chi connectivity index (χ0) is 28.7. The predicted octanol–water partition coefficient (Wildman–Crippen LogP) is 3.45. The molecule has 0 bridgehead atoms. The molecule has 9 nitrogen and oxygen atoms in total.